The Bertz CT molecular complexity index is 1560. The summed E-state index contributed by atoms with van der Waals surface area (Å²) in [5.74, 6) is -1.17. The highest BCUT2D eigenvalue weighted by Crippen LogP contribution is 2.64. The molecule has 12 nitrogen and oxygen atoms in total. The summed E-state index contributed by atoms with van der Waals surface area (Å²) < 4.78 is 36.7. The van der Waals surface area contributed by atoms with Crippen LogP contribution in [0.25, 0.3) is 0 Å². The second-order valence-electron chi connectivity index (χ2n) is 22.0. The molecule has 2 aliphatic heterocycles. The highest BCUT2D eigenvalue weighted by atomic mass is 16.7. The van der Waals surface area contributed by atoms with E-state index in [-0.39, 0.29) is 55.8 Å². The number of rotatable bonds is 13. The van der Waals surface area contributed by atoms with Crippen molar-refractivity contribution in [2.24, 2.45) is 39.4 Å². The van der Waals surface area contributed by atoms with Gasteiger partial charge in [-0.05, 0) is 142 Å². The van der Waals surface area contributed by atoms with Gasteiger partial charge in [0.1, 0.15) is 11.2 Å². The van der Waals surface area contributed by atoms with Crippen LogP contribution in [0.15, 0.2) is 0 Å². The van der Waals surface area contributed by atoms with E-state index in [0.29, 0.717) is 71.0 Å². The van der Waals surface area contributed by atoms with Crippen LogP contribution in [0.1, 0.15) is 169 Å². The topological polar surface area (TPSA) is 164 Å². The zero-order chi connectivity index (χ0) is 40.7. The van der Waals surface area contributed by atoms with Gasteiger partial charge in [-0.15, -0.1) is 0 Å². The quantitative estimate of drug-likeness (QED) is 0.145. The normalized spacial score (nSPS) is 42.8. The van der Waals surface area contributed by atoms with Gasteiger partial charge in [0.05, 0.1) is 46.1 Å². The summed E-state index contributed by atoms with van der Waals surface area (Å²) in [4.78, 5) is 57.6. The van der Waals surface area contributed by atoms with E-state index in [2.05, 4.69) is 0 Å². The van der Waals surface area contributed by atoms with E-state index in [1.54, 1.807) is 20.8 Å². The summed E-state index contributed by atoms with van der Waals surface area (Å²) in [6.45, 7) is 10.1. The molecule has 0 amide bonds. The largest absolute Gasteiger partial charge is 0.459 e. The van der Waals surface area contributed by atoms with Crippen molar-refractivity contribution in [2.45, 2.75) is 204 Å². The fourth-order valence-corrected chi connectivity index (χ4v) is 14.1. The maximum Gasteiger partial charge on any atom is 0.314 e. The van der Waals surface area contributed by atoms with E-state index < -0.39 is 74.6 Å². The van der Waals surface area contributed by atoms with Crippen molar-refractivity contribution in [1.82, 2.24) is 0 Å². The third-order valence-corrected chi connectivity index (χ3v) is 15.7. The lowest BCUT2D eigenvalue weighted by Gasteiger charge is -2.62. The van der Waals surface area contributed by atoms with Gasteiger partial charge in [-0.3, -0.25) is 19.2 Å². The van der Waals surface area contributed by atoms with Gasteiger partial charge in [0.25, 0.3) is 0 Å². The summed E-state index contributed by atoms with van der Waals surface area (Å²) in [5.41, 5.74) is -8.50. The molecule has 10 fully saturated rings. The molecule has 8 unspecified atom stereocenters. The van der Waals surface area contributed by atoms with Crippen molar-refractivity contribution >= 4 is 23.9 Å². The van der Waals surface area contributed by atoms with Crippen LogP contribution in [-0.4, -0.2) is 82.3 Å². The number of ether oxygens (including phenoxy) is 6. The average molecular weight is 801 g/mol. The maximum atomic E-state index is 15.0. The lowest BCUT2D eigenvalue weighted by molar-refractivity contribution is -0.265. The SMILES string of the molecule is CCC(C)(CC(C)(CC(C)(C)C(=O)OC1CCCCO1)C(=O)OC12CC3CC(O)(CC(O)(C3)C1)C2)C(=O)OC12CC3CC(C1)CC(C(=O)OC1CCCCO1)(C3)C2. The first kappa shape index (κ1) is 41.5. The van der Waals surface area contributed by atoms with E-state index >= 15 is 0 Å². The Morgan fingerprint density at radius 2 is 1.16 bits per heavy atom. The van der Waals surface area contributed by atoms with Gasteiger partial charge in [-0.25, -0.2) is 0 Å². The van der Waals surface area contributed by atoms with Gasteiger partial charge in [0.15, 0.2) is 0 Å². The van der Waals surface area contributed by atoms with E-state index in [1.165, 1.54) is 0 Å². The Hall–Kier alpha value is -2.28. The molecule has 320 valence electrons. The standard InChI is InChI=1S/C45H68O12/c1-6-39(4,35(47)56-44-20-29-15-30(21-44)17-41(16-29,25-44)37(49)55-33-12-8-10-14-53-33)24-40(5,23-38(2,3)34(46)54-32-11-7-9-13-52-32)36(48)57-45-22-31-18-42(50,27-45)26-43(51,19-31)28-45/h29-33,50-51H,6-28H2,1-5H3. The van der Waals surface area contributed by atoms with Crippen molar-refractivity contribution in [1.29, 1.82) is 0 Å². The summed E-state index contributed by atoms with van der Waals surface area (Å²) in [6.07, 6.45) is 11.0. The second kappa shape index (κ2) is 14.4. The van der Waals surface area contributed by atoms with Crippen LogP contribution in [0, 0.1) is 39.4 Å². The molecule has 8 aliphatic carbocycles. The Morgan fingerprint density at radius 3 is 1.70 bits per heavy atom. The predicted molar refractivity (Wildman–Crippen MR) is 205 cm³/mol. The molecular formula is C45H68O12. The zero-order valence-corrected chi connectivity index (χ0v) is 35.1. The van der Waals surface area contributed by atoms with Crippen LogP contribution in [0.4, 0.5) is 0 Å². The summed E-state index contributed by atoms with van der Waals surface area (Å²) in [7, 11) is 0. The molecule has 2 saturated heterocycles. The van der Waals surface area contributed by atoms with Crippen molar-refractivity contribution in [3.05, 3.63) is 0 Å². The fourth-order valence-electron chi connectivity index (χ4n) is 14.1. The molecular weight excluding hydrogens is 732 g/mol. The van der Waals surface area contributed by atoms with Crippen molar-refractivity contribution in [3.8, 4) is 0 Å². The van der Waals surface area contributed by atoms with E-state index in [9.17, 15) is 29.4 Å². The van der Waals surface area contributed by atoms with Crippen LogP contribution < -0.4 is 0 Å². The Labute approximate surface area is 338 Å². The smallest absolute Gasteiger partial charge is 0.314 e. The minimum Gasteiger partial charge on any atom is -0.459 e. The molecule has 10 rings (SSSR count). The van der Waals surface area contributed by atoms with E-state index in [4.69, 9.17) is 28.4 Å². The van der Waals surface area contributed by atoms with Crippen molar-refractivity contribution < 1.29 is 57.8 Å². The molecule has 2 N–H and O–H groups in total. The summed E-state index contributed by atoms with van der Waals surface area (Å²) >= 11 is 0. The fraction of sp³-hybridized carbons (Fsp3) is 0.911. The van der Waals surface area contributed by atoms with Crippen molar-refractivity contribution in [3.63, 3.8) is 0 Å². The minimum atomic E-state index is -1.37. The number of aliphatic hydroxyl groups is 2. The number of esters is 4. The maximum absolute atomic E-state index is 15.0. The van der Waals surface area contributed by atoms with Crippen molar-refractivity contribution in [2.75, 3.05) is 13.2 Å². The number of hydrogen-bond acceptors (Lipinski definition) is 12. The molecule has 12 heteroatoms. The third kappa shape index (κ3) is 8.04. The molecule has 0 aromatic heterocycles. The highest BCUT2D eigenvalue weighted by Gasteiger charge is 2.67. The molecule has 0 spiro atoms. The number of carbonyl (C=O) groups is 4. The van der Waals surface area contributed by atoms with Crippen LogP contribution in [0.2, 0.25) is 0 Å². The lowest BCUT2D eigenvalue weighted by Crippen LogP contribution is -2.67. The second-order valence-corrected chi connectivity index (χ2v) is 22.0. The molecule has 57 heavy (non-hydrogen) atoms. The number of hydrogen-bond donors (Lipinski definition) is 2. The van der Waals surface area contributed by atoms with Crippen LogP contribution in [0.5, 0.6) is 0 Å². The van der Waals surface area contributed by atoms with Crippen LogP contribution in [0.3, 0.4) is 0 Å². The first-order valence-corrected chi connectivity index (χ1v) is 22.3. The molecule has 0 aromatic carbocycles. The molecule has 8 bridgehead atoms. The number of carbonyl (C=O) groups excluding carboxylic acids is 4. The van der Waals surface area contributed by atoms with Gasteiger partial charge >= 0.3 is 23.9 Å². The van der Waals surface area contributed by atoms with E-state index in [1.807, 2.05) is 13.8 Å². The van der Waals surface area contributed by atoms with Gasteiger partial charge in [0.2, 0.25) is 12.6 Å². The monoisotopic (exact) mass is 800 g/mol. The van der Waals surface area contributed by atoms with Gasteiger partial charge in [-0.2, -0.15) is 0 Å². The Morgan fingerprint density at radius 1 is 0.614 bits per heavy atom. The highest BCUT2D eigenvalue weighted by molar-refractivity contribution is 5.83. The zero-order valence-electron chi connectivity index (χ0n) is 35.1. The van der Waals surface area contributed by atoms with Crippen LogP contribution in [-0.2, 0) is 47.6 Å². The first-order valence-electron chi connectivity index (χ1n) is 22.3. The minimum absolute atomic E-state index is 0.0226. The Balaban J connectivity index is 1.04. The summed E-state index contributed by atoms with van der Waals surface area (Å²) in [6, 6.07) is 0. The molecule has 0 aromatic rings. The molecule has 8 atom stereocenters. The van der Waals surface area contributed by atoms with Crippen LogP contribution >= 0.6 is 0 Å². The van der Waals surface area contributed by atoms with Gasteiger partial charge in [0, 0.05) is 38.5 Å². The van der Waals surface area contributed by atoms with Gasteiger partial charge < -0.3 is 38.6 Å². The third-order valence-electron chi connectivity index (χ3n) is 15.7. The lowest BCUT2D eigenvalue weighted by atomic mass is 9.48. The first-order chi connectivity index (χ1) is 26.7. The van der Waals surface area contributed by atoms with E-state index in [0.717, 1.165) is 44.9 Å². The predicted octanol–water partition coefficient (Wildman–Crippen LogP) is 6.98. The Kier molecular flexibility index (Phi) is 10.5. The average Bonchev–Trinajstić information content (AvgIpc) is 3.09. The molecule has 10 aliphatic rings. The molecule has 0 radical (unpaired) electrons. The summed E-state index contributed by atoms with van der Waals surface area (Å²) in [5, 5.41) is 23.0. The van der Waals surface area contributed by atoms with Gasteiger partial charge in [-0.1, -0.05) is 6.92 Å². The molecule has 8 saturated carbocycles. The molecule has 2 heterocycles.